The summed E-state index contributed by atoms with van der Waals surface area (Å²) in [5, 5.41) is 13.5. The SMILES string of the molecule is CC(C)(c1ccc(O)cc1)n1cccn1. The van der Waals surface area contributed by atoms with Gasteiger partial charge in [0.15, 0.2) is 0 Å². The van der Waals surface area contributed by atoms with E-state index >= 15 is 0 Å². The quantitative estimate of drug-likeness (QED) is 0.811. The number of nitrogens with zero attached hydrogens (tertiary/aromatic N) is 2. The Balaban J connectivity index is 2.41. The van der Waals surface area contributed by atoms with E-state index < -0.39 is 0 Å². The van der Waals surface area contributed by atoms with E-state index in [4.69, 9.17) is 0 Å². The van der Waals surface area contributed by atoms with Gasteiger partial charge in [0.1, 0.15) is 5.75 Å². The standard InChI is InChI=1S/C12H14N2O/c1-12(2,14-9-3-8-13-14)10-4-6-11(15)7-5-10/h3-9,15H,1-2H3. The molecule has 0 fully saturated rings. The highest BCUT2D eigenvalue weighted by atomic mass is 16.3. The molecule has 0 radical (unpaired) electrons. The average molecular weight is 202 g/mol. The average Bonchev–Trinajstić information content (AvgIpc) is 2.71. The van der Waals surface area contributed by atoms with E-state index in [0.29, 0.717) is 0 Å². The first-order valence-electron chi connectivity index (χ1n) is 4.90. The van der Waals surface area contributed by atoms with Gasteiger partial charge in [-0.2, -0.15) is 5.10 Å². The van der Waals surface area contributed by atoms with Crippen molar-refractivity contribution in [3.63, 3.8) is 0 Å². The smallest absolute Gasteiger partial charge is 0.115 e. The molecule has 0 spiro atoms. The number of hydrogen-bond acceptors (Lipinski definition) is 2. The van der Waals surface area contributed by atoms with Gasteiger partial charge in [0, 0.05) is 12.4 Å². The molecule has 15 heavy (non-hydrogen) atoms. The van der Waals surface area contributed by atoms with Crippen LogP contribution in [0.4, 0.5) is 0 Å². The van der Waals surface area contributed by atoms with Crippen LogP contribution in [-0.4, -0.2) is 14.9 Å². The van der Waals surface area contributed by atoms with Crippen molar-refractivity contribution in [1.29, 1.82) is 0 Å². The molecule has 1 heterocycles. The molecule has 0 bridgehead atoms. The van der Waals surface area contributed by atoms with Crippen molar-refractivity contribution < 1.29 is 5.11 Å². The van der Waals surface area contributed by atoms with E-state index in [-0.39, 0.29) is 11.3 Å². The van der Waals surface area contributed by atoms with Crippen LogP contribution < -0.4 is 0 Å². The zero-order chi connectivity index (χ0) is 10.9. The highest BCUT2D eigenvalue weighted by Crippen LogP contribution is 2.25. The maximum absolute atomic E-state index is 9.23. The second kappa shape index (κ2) is 3.42. The normalized spacial score (nSPS) is 11.6. The summed E-state index contributed by atoms with van der Waals surface area (Å²) in [5.41, 5.74) is 0.918. The number of aromatic hydroxyl groups is 1. The lowest BCUT2D eigenvalue weighted by Gasteiger charge is -2.26. The minimum atomic E-state index is -0.197. The third-order valence-corrected chi connectivity index (χ3v) is 2.65. The highest BCUT2D eigenvalue weighted by Gasteiger charge is 2.22. The van der Waals surface area contributed by atoms with E-state index in [1.165, 1.54) is 0 Å². The lowest BCUT2D eigenvalue weighted by Crippen LogP contribution is -2.27. The van der Waals surface area contributed by atoms with Gasteiger partial charge in [-0.25, -0.2) is 0 Å². The monoisotopic (exact) mass is 202 g/mol. The fourth-order valence-corrected chi connectivity index (χ4v) is 1.60. The zero-order valence-corrected chi connectivity index (χ0v) is 8.88. The molecule has 0 aliphatic carbocycles. The number of phenolic OH excluding ortho intramolecular Hbond substituents is 1. The van der Waals surface area contributed by atoms with Gasteiger partial charge in [-0.3, -0.25) is 4.68 Å². The third kappa shape index (κ3) is 1.73. The molecule has 1 N–H and O–H groups in total. The van der Waals surface area contributed by atoms with Crippen LogP contribution in [0.2, 0.25) is 0 Å². The Morgan fingerprint density at radius 2 is 1.87 bits per heavy atom. The minimum absolute atomic E-state index is 0.197. The molecule has 0 aliphatic rings. The maximum atomic E-state index is 9.23. The molecule has 0 saturated heterocycles. The molecule has 78 valence electrons. The van der Waals surface area contributed by atoms with Gasteiger partial charge < -0.3 is 5.11 Å². The summed E-state index contributed by atoms with van der Waals surface area (Å²) in [6.07, 6.45) is 3.70. The summed E-state index contributed by atoms with van der Waals surface area (Å²) in [7, 11) is 0. The number of hydrogen-bond donors (Lipinski definition) is 1. The Labute approximate surface area is 89.0 Å². The largest absolute Gasteiger partial charge is 0.508 e. The molecule has 0 amide bonds. The van der Waals surface area contributed by atoms with Crippen molar-refractivity contribution in [3.05, 3.63) is 48.3 Å². The van der Waals surface area contributed by atoms with Crippen molar-refractivity contribution in [1.82, 2.24) is 9.78 Å². The van der Waals surface area contributed by atoms with Crippen LogP contribution in [-0.2, 0) is 5.54 Å². The van der Waals surface area contributed by atoms with E-state index in [9.17, 15) is 5.11 Å². The van der Waals surface area contributed by atoms with Crippen LogP contribution in [0.3, 0.4) is 0 Å². The zero-order valence-electron chi connectivity index (χ0n) is 8.88. The van der Waals surface area contributed by atoms with Crippen molar-refractivity contribution in [2.75, 3.05) is 0 Å². The third-order valence-electron chi connectivity index (χ3n) is 2.65. The minimum Gasteiger partial charge on any atom is -0.508 e. The Morgan fingerprint density at radius 3 is 2.40 bits per heavy atom. The van der Waals surface area contributed by atoms with Crippen LogP contribution in [0.1, 0.15) is 19.4 Å². The predicted molar refractivity (Wildman–Crippen MR) is 58.8 cm³/mol. The van der Waals surface area contributed by atoms with Gasteiger partial charge in [-0.05, 0) is 37.6 Å². The Morgan fingerprint density at radius 1 is 1.20 bits per heavy atom. The summed E-state index contributed by atoms with van der Waals surface area (Å²) in [4.78, 5) is 0. The second-order valence-corrected chi connectivity index (χ2v) is 4.06. The van der Waals surface area contributed by atoms with Crippen LogP contribution in [0, 0.1) is 0 Å². The number of rotatable bonds is 2. The van der Waals surface area contributed by atoms with Gasteiger partial charge in [0.05, 0.1) is 5.54 Å². The molecule has 2 aromatic rings. The van der Waals surface area contributed by atoms with E-state index in [0.717, 1.165) is 5.56 Å². The maximum Gasteiger partial charge on any atom is 0.115 e. The molecule has 2 rings (SSSR count). The fraction of sp³-hybridized carbons (Fsp3) is 0.250. The van der Waals surface area contributed by atoms with Gasteiger partial charge >= 0.3 is 0 Å². The summed E-state index contributed by atoms with van der Waals surface area (Å²) in [5.74, 6) is 0.287. The lowest BCUT2D eigenvalue weighted by molar-refractivity contribution is 0.389. The molecule has 0 saturated carbocycles. The molecule has 3 heteroatoms. The molecule has 3 nitrogen and oxygen atoms in total. The number of benzene rings is 1. The van der Waals surface area contributed by atoms with Crippen molar-refractivity contribution in [3.8, 4) is 5.75 Å². The summed E-state index contributed by atoms with van der Waals surface area (Å²) < 4.78 is 1.90. The molecule has 0 atom stereocenters. The number of aromatic nitrogens is 2. The summed E-state index contributed by atoms with van der Waals surface area (Å²) >= 11 is 0. The molecule has 1 aromatic heterocycles. The van der Waals surface area contributed by atoms with E-state index in [1.807, 2.05) is 29.1 Å². The van der Waals surface area contributed by atoms with Crippen molar-refractivity contribution in [2.24, 2.45) is 0 Å². The second-order valence-electron chi connectivity index (χ2n) is 4.06. The molecular weight excluding hydrogens is 188 g/mol. The molecule has 1 aromatic carbocycles. The highest BCUT2D eigenvalue weighted by molar-refractivity contribution is 5.30. The Hall–Kier alpha value is -1.77. The van der Waals surface area contributed by atoms with Crippen LogP contribution in [0.15, 0.2) is 42.7 Å². The van der Waals surface area contributed by atoms with Crippen LogP contribution >= 0.6 is 0 Å². The van der Waals surface area contributed by atoms with Crippen molar-refractivity contribution in [2.45, 2.75) is 19.4 Å². The molecule has 0 aliphatic heterocycles. The predicted octanol–water partition coefficient (Wildman–Crippen LogP) is 2.37. The van der Waals surface area contributed by atoms with Crippen LogP contribution in [0.5, 0.6) is 5.75 Å². The Bertz CT molecular complexity index is 429. The molecular formula is C12H14N2O. The summed E-state index contributed by atoms with van der Waals surface area (Å²) in [6, 6.07) is 9.12. The van der Waals surface area contributed by atoms with E-state index in [2.05, 4.69) is 18.9 Å². The lowest BCUT2D eigenvalue weighted by atomic mass is 9.94. The fourth-order valence-electron chi connectivity index (χ4n) is 1.60. The van der Waals surface area contributed by atoms with E-state index in [1.54, 1.807) is 18.3 Å². The first-order chi connectivity index (χ1) is 7.10. The van der Waals surface area contributed by atoms with Crippen molar-refractivity contribution >= 4 is 0 Å². The first kappa shape index (κ1) is 9.77. The van der Waals surface area contributed by atoms with Gasteiger partial charge in [-0.1, -0.05) is 12.1 Å². The van der Waals surface area contributed by atoms with Gasteiger partial charge in [0.2, 0.25) is 0 Å². The summed E-state index contributed by atoms with van der Waals surface area (Å²) in [6.45, 7) is 4.18. The van der Waals surface area contributed by atoms with Gasteiger partial charge in [-0.15, -0.1) is 0 Å². The number of phenols is 1. The Kier molecular flexibility index (Phi) is 2.23. The van der Waals surface area contributed by atoms with Crippen LogP contribution in [0.25, 0.3) is 0 Å². The molecule has 0 unspecified atom stereocenters. The topological polar surface area (TPSA) is 38.0 Å². The van der Waals surface area contributed by atoms with Gasteiger partial charge in [0.25, 0.3) is 0 Å². The first-order valence-corrected chi connectivity index (χ1v) is 4.90.